The number of para-hydroxylation sites is 2. The topological polar surface area (TPSA) is 38.3 Å². The van der Waals surface area contributed by atoms with Crippen LogP contribution >= 0.6 is 35.0 Å². The van der Waals surface area contributed by atoms with Gasteiger partial charge >= 0.3 is 0 Å². The summed E-state index contributed by atoms with van der Waals surface area (Å²) in [5.41, 5.74) is 2.01. The van der Waals surface area contributed by atoms with Gasteiger partial charge < -0.3 is 10.1 Å². The molecule has 24 heavy (non-hydrogen) atoms. The molecular weight excluding hydrogens is 365 g/mol. The van der Waals surface area contributed by atoms with Gasteiger partial charge in [0, 0.05) is 11.4 Å². The highest BCUT2D eigenvalue weighted by Crippen LogP contribution is 2.32. The van der Waals surface area contributed by atoms with E-state index in [1.54, 1.807) is 18.2 Å². The number of rotatable bonds is 8. The Bertz CT molecular complexity index is 674. The molecule has 0 aliphatic carbocycles. The molecule has 2 rings (SSSR count). The fraction of sp³-hybridized carbons (Fsp3) is 0.278. The van der Waals surface area contributed by atoms with Gasteiger partial charge in [-0.05, 0) is 30.2 Å². The van der Waals surface area contributed by atoms with Crippen LogP contribution in [0, 0.1) is 0 Å². The Hall–Kier alpha value is -1.36. The summed E-state index contributed by atoms with van der Waals surface area (Å²) < 4.78 is 5.59. The second-order valence-corrected chi connectivity index (χ2v) is 6.93. The molecule has 0 radical (unpaired) electrons. The minimum atomic E-state index is -0.0170. The minimum absolute atomic E-state index is 0.0170. The SMILES string of the molecule is CCc1ccccc1NC(=O)CSCCOc1c(Cl)cccc1Cl. The molecule has 0 heterocycles. The summed E-state index contributed by atoms with van der Waals surface area (Å²) in [6.45, 7) is 2.50. The van der Waals surface area contributed by atoms with Crippen molar-refractivity contribution < 1.29 is 9.53 Å². The van der Waals surface area contributed by atoms with E-state index in [0.29, 0.717) is 33.9 Å². The summed E-state index contributed by atoms with van der Waals surface area (Å²) in [5, 5.41) is 3.92. The van der Waals surface area contributed by atoms with Gasteiger partial charge in [0.15, 0.2) is 5.75 Å². The first-order valence-electron chi connectivity index (χ1n) is 7.64. The van der Waals surface area contributed by atoms with E-state index >= 15 is 0 Å². The average Bonchev–Trinajstić information content (AvgIpc) is 2.57. The fourth-order valence-corrected chi connectivity index (χ4v) is 3.23. The molecule has 0 bridgehead atoms. The number of amides is 1. The van der Waals surface area contributed by atoms with Crippen molar-refractivity contribution in [2.75, 3.05) is 23.4 Å². The fourth-order valence-electron chi connectivity index (χ4n) is 2.12. The molecule has 1 N–H and O–H groups in total. The van der Waals surface area contributed by atoms with Crippen LogP contribution in [0.1, 0.15) is 12.5 Å². The van der Waals surface area contributed by atoms with Gasteiger partial charge in [-0.15, -0.1) is 11.8 Å². The minimum Gasteiger partial charge on any atom is -0.490 e. The first kappa shape index (κ1) is 19.0. The number of carbonyl (C=O) groups excluding carboxylic acids is 1. The van der Waals surface area contributed by atoms with Gasteiger partial charge in [0.2, 0.25) is 5.91 Å². The summed E-state index contributed by atoms with van der Waals surface area (Å²) in [6.07, 6.45) is 0.885. The highest BCUT2D eigenvalue weighted by atomic mass is 35.5. The van der Waals surface area contributed by atoms with Gasteiger partial charge in [-0.3, -0.25) is 4.79 Å². The molecule has 2 aromatic rings. The first-order chi connectivity index (χ1) is 11.6. The summed E-state index contributed by atoms with van der Waals surface area (Å²) >= 11 is 13.6. The summed E-state index contributed by atoms with van der Waals surface area (Å²) in [7, 11) is 0. The number of ether oxygens (including phenoxy) is 1. The highest BCUT2D eigenvalue weighted by Gasteiger charge is 2.08. The molecule has 0 fully saturated rings. The maximum Gasteiger partial charge on any atom is 0.234 e. The zero-order valence-corrected chi connectivity index (χ0v) is 15.7. The quantitative estimate of drug-likeness (QED) is 0.627. The van der Waals surface area contributed by atoms with E-state index in [4.69, 9.17) is 27.9 Å². The third-order valence-corrected chi connectivity index (χ3v) is 4.82. The van der Waals surface area contributed by atoms with Crippen LogP contribution in [0.2, 0.25) is 10.0 Å². The Morgan fingerprint density at radius 1 is 1.12 bits per heavy atom. The number of carbonyl (C=O) groups is 1. The molecule has 2 aromatic carbocycles. The van der Waals surface area contributed by atoms with Crippen molar-refractivity contribution in [3.05, 3.63) is 58.1 Å². The van der Waals surface area contributed by atoms with Crippen molar-refractivity contribution >= 4 is 46.6 Å². The number of hydrogen-bond acceptors (Lipinski definition) is 3. The van der Waals surface area contributed by atoms with Gasteiger partial charge in [-0.1, -0.05) is 54.4 Å². The lowest BCUT2D eigenvalue weighted by Crippen LogP contribution is -2.16. The van der Waals surface area contributed by atoms with Crippen molar-refractivity contribution in [2.45, 2.75) is 13.3 Å². The molecule has 0 aliphatic rings. The molecule has 128 valence electrons. The summed E-state index contributed by atoms with van der Waals surface area (Å²) in [6, 6.07) is 13.1. The summed E-state index contributed by atoms with van der Waals surface area (Å²) in [4.78, 5) is 12.0. The van der Waals surface area contributed by atoms with Gasteiger partial charge in [-0.2, -0.15) is 0 Å². The van der Waals surface area contributed by atoms with E-state index in [0.717, 1.165) is 17.7 Å². The Kier molecular flexibility index (Phi) is 7.76. The average molecular weight is 384 g/mol. The Labute approximate surface area is 156 Å². The maximum atomic E-state index is 12.0. The van der Waals surface area contributed by atoms with E-state index in [9.17, 15) is 4.79 Å². The van der Waals surface area contributed by atoms with E-state index in [2.05, 4.69) is 12.2 Å². The standard InChI is InChI=1S/C18H19Cl2NO2S/c1-2-13-6-3-4-9-16(13)21-17(22)12-24-11-10-23-18-14(19)7-5-8-15(18)20/h3-9H,2,10-12H2,1H3,(H,21,22). The van der Waals surface area contributed by atoms with Crippen LogP contribution in [-0.4, -0.2) is 24.0 Å². The Morgan fingerprint density at radius 3 is 2.54 bits per heavy atom. The predicted octanol–water partition coefficient (Wildman–Crippen LogP) is 5.31. The Balaban J connectivity index is 1.71. The first-order valence-corrected chi connectivity index (χ1v) is 9.55. The van der Waals surface area contributed by atoms with Gasteiger partial charge in [0.1, 0.15) is 0 Å². The number of aryl methyl sites for hydroxylation is 1. The molecular formula is C18H19Cl2NO2S. The van der Waals surface area contributed by atoms with E-state index in [-0.39, 0.29) is 5.91 Å². The molecule has 0 spiro atoms. The Morgan fingerprint density at radius 2 is 1.83 bits per heavy atom. The number of thioether (sulfide) groups is 1. The highest BCUT2D eigenvalue weighted by molar-refractivity contribution is 7.99. The predicted molar refractivity (Wildman–Crippen MR) is 104 cm³/mol. The second kappa shape index (κ2) is 9.82. The second-order valence-electron chi connectivity index (χ2n) is 5.01. The van der Waals surface area contributed by atoms with Crippen LogP contribution < -0.4 is 10.1 Å². The largest absolute Gasteiger partial charge is 0.490 e. The van der Waals surface area contributed by atoms with Crippen LogP contribution in [0.4, 0.5) is 5.69 Å². The van der Waals surface area contributed by atoms with Crippen molar-refractivity contribution in [1.29, 1.82) is 0 Å². The van der Waals surface area contributed by atoms with Crippen LogP contribution in [0.5, 0.6) is 5.75 Å². The number of benzene rings is 2. The van der Waals surface area contributed by atoms with Gasteiger partial charge in [-0.25, -0.2) is 0 Å². The van der Waals surface area contributed by atoms with Crippen LogP contribution in [0.3, 0.4) is 0 Å². The van der Waals surface area contributed by atoms with Crippen molar-refractivity contribution in [3.8, 4) is 5.75 Å². The van der Waals surface area contributed by atoms with Crippen molar-refractivity contribution in [3.63, 3.8) is 0 Å². The summed E-state index contributed by atoms with van der Waals surface area (Å²) in [5.74, 6) is 1.52. The zero-order chi connectivity index (χ0) is 17.4. The zero-order valence-electron chi connectivity index (χ0n) is 13.4. The third kappa shape index (κ3) is 5.62. The molecule has 0 saturated carbocycles. The molecule has 3 nitrogen and oxygen atoms in total. The number of anilines is 1. The molecule has 1 amide bonds. The van der Waals surface area contributed by atoms with Crippen LogP contribution in [0.25, 0.3) is 0 Å². The number of hydrogen-bond donors (Lipinski definition) is 1. The maximum absolute atomic E-state index is 12.0. The van der Waals surface area contributed by atoms with Crippen molar-refractivity contribution in [2.24, 2.45) is 0 Å². The van der Waals surface area contributed by atoms with Gasteiger partial charge in [0.05, 0.1) is 22.4 Å². The normalized spacial score (nSPS) is 10.5. The smallest absolute Gasteiger partial charge is 0.234 e. The molecule has 0 unspecified atom stereocenters. The third-order valence-electron chi connectivity index (χ3n) is 3.30. The number of halogens is 2. The lowest BCUT2D eigenvalue weighted by molar-refractivity contribution is -0.113. The van der Waals surface area contributed by atoms with E-state index in [1.807, 2.05) is 24.3 Å². The van der Waals surface area contributed by atoms with Crippen molar-refractivity contribution in [1.82, 2.24) is 0 Å². The monoisotopic (exact) mass is 383 g/mol. The van der Waals surface area contributed by atoms with E-state index in [1.165, 1.54) is 11.8 Å². The molecule has 0 aromatic heterocycles. The molecule has 6 heteroatoms. The number of nitrogens with one attached hydrogen (secondary N) is 1. The molecule has 0 aliphatic heterocycles. The molecule has 0 atom stereocenters. The van der Waals surface area contributed by atoms with Gasteiger partial charge in [0.25, 0.3) is 0 Å². The van der Waals surface area contributed by atoms with Crippen LogP contribution in [0.15, 0.2) is 42.5 Å². The lowest BCUT2D eigenvalue weighted by Gasteiger charge is -2.11. The molecule has 0 saturated heterocycles. The van der Waals surface area contributed by atoms with E-state index < -0.39 is 0 Å². The van der Waals surface area contributed by atoms with Crippen LogP contribution in [-0.2, 0) is 11.2 Å². The lowest BCUT2D eigenvalue weighted by atomic mass is 10.1.